The lowest BCUT2D eigenvalue weighted by Crippen LogP contribution is -2.47. The van der Waals surface area contributed by atoms with Crippen LogP contribution < -0.4 is 0 Å². The zero-order chi connectivity index (χ0) is 19.4. The second kappa shape index (κ2) is 8.43. The van der Waals surface area contributed by atoms with Gasteiger partial charge in [0, 0.05) is 17.6 Å². The van der Waals surface area contributed by atoms with Crippen molar-refractivity contribution < 1.29 is 13.2 Å². The number of carbonyl (C=O) groups is 1. The molecule has 0 spiro atoms. The minimum atomic E-state index is -3.04. The summed E-state index contributed by atoms with van der Waals surface area (Å²) in [6.45, 7) is 3.97. The van der Waals surface area contributed by atoms with E-state index in [1.54, 1.807) is 4.90 Å². The molecular weight excluding hydrogens is 384 g/mol. The lowest BCUT2D eigenvalue weighted by molar-refractivity contribution is -0.132. The smallest absolute Gasteiger partial charge is 0.233 e. The first-order valence-corrected chi connectivity index (χ1v) is 11.8. The number of nitrogens with one attached hydrogen (secondary N) is 1. The van der Waals surface area contributed by atoms with E-state index in [4.69, 9.17) is 0 Å². The van der Waals surface area contributed by atoms with Crippen molar-refractivity contribution in [1.82, 2.24) is 20.1 Å². The first kappa shape index (κ1) is 19.9. The molecule has 1 saturated heterocycles. The Bertz CT molecular complexity index is 883. The van der Waals surface area contributed by atoms with Crippen LogP contribution in [-0.2, 0) is 14.6 Å². The van der Waals surface area contributed by atoms with Crippen LogP contribution in [0.2, 0.25) is 0 Å². The lowest BCUT2D eigenvalue weighted by Gasteiger charge is -2.33. The number of benzene rings is 1. The summed E-state index contributed by atoms with van der Waals surface area (Å²) in [7, 11) is -3.04. The van der Waals surface area contributed by atoms with Crippen LogP contribution in [0.3, 0.4) is 0 Å². The molecule has 1 aromatic heterocycles. The molecule has 0 unspecified atom stereocenters. The molecule has 1 aliphatic rings. The molecule has 1 aromatic carbocycles. The maximum absolute atomic E-state index is 12.8. The van der Waals surface area contributed by atoms with Gasteiger partial charge in [0.1, 0.15) is 0 Å². The van der Waals surface area contributed by atoms with E-state index < -0.39 is 9.84 Å². The van der Waals surface area contributed by atoms with Gasteiger partial charge in [-0.1, -0.05) is 49.0 Å². The standard InChI is InChI=1S/C18H24N4O3S2/c1-3-13(2)22(15-9-10-27(24,25)12-15)16(23)11-26-18-19-17(20-21-18)14-7-5-4-6-8-14/h4-8,13,15H,3,9-12H2,1-2H3,(H,19,20,21)/t13-,15+/m0/s1. The second-order valence-corrected chi connectivity index (χ2v) is 9.91. The monoisotopic (exact) mass is 408 g/mol. The van der Waals surface area contributed by atoms with Gasteiger partial charge in [0.25, 0.3) is 0 Å². The molecule has 1 N–H and O–H groups in total. The van der Waals surface area contributed by atoms with Crippen molar-refractivity contribution in [1.29, 1.82) is 0 Å². The number of nitrogens with zero attached hydrogens (tertiary/aromatic N) is 3. The van der Waals surface area contributed by atoms with E-state index in [1.165, 1.54) is 11.8 Å². The highest BCUT2D eigenvalue weighted by atomic mass is 32.2. The van der Waals surface area contributed by atoms with Crippen molar-refractivity contribution in [2.24, 2.45) is 0 Å². The SMILES string of the molecule is CC[C@H](C)N(C(=O)CSc1n[nH]c(-c2ccccc2)n1)[C@@H]1CCS(=O)(=O)C1. The predicted octanol–water partition coefficient (Wildman–Crippen LogP) is 2.38. The van der Waals surface area contributed by atoms with Crippen LogP contribution in [0.15, 0.2) is 35.5 Å². The maximum atomic E-state index is 12.8. The molecule has 0 aliphatic carbocycles. The van der Waals surface area contributed by atoms with Gasteiger partial charge in [0.05, 0.1) is 17.3 Å². The third-order valence-electron chi connectivity index (χ3n) is 4.79. The van der Waals surface area contributed by atoms with Gasteiger partial charge in [-0.05, 0) is 19.8 Å². The second-order valence-electron chi connectivity index (χ2n) is 6.74. The number of rotatable bonds is 7. The maximum Gasteiger partial charge on any atom is 0.233 e. The van der Waals surface area contributed by atoms with Gasteiger partial charge >= 0.3 is 0 Å². The van der Waals surface area contributed by atoms with Crippen molar-refractivity contribution in [2.45, 2.75) is 43.9 Å². The van der Waals surface area contributed by atoms with Crippen LogP contribution >= 0.6 is 11.8 Å². The fraction of sp³-hybridized carbons (Fsp3) is 0.500. The molecule has 27 heavy (non-hydrogen) atoms. The van der Waals surface area contributed by atoms with Crippen molar-refractivity contribution in [3.63, 3.8) is 0 Å². The van der Waals surface area contributed by atoms with Gasteiger partial charge in [-0.2, -0.15) is 0 Å². The zero-order valence-electron chi connectivity index (χ0n) is 15.5. The number of hydrogen-bond acceptors (Lipinski definition) is 6. The number of aromatic amines is 1. The molecular formula is C18H24N4O3S2. The number of hydrogen-bond donors (Lipinski definition) is 1. The molecule has 2 heterocycles. The van der Waals surface area contributed by atoms with Gasteiger partial charge < -0.3 is 4.90 Å². The number of sulfone groups is 1. The van der Waals surface area contributed by atoms with E-state index >= 15 is 0 Å². The number of H-pyrrole nitrogens is 1. The number of carbonyl (C=O) groups excluding carboxylic acids is 1. The highest BCUT2D eigenvalue weighted by molar-refractivity contribution is 7.99. The number of amides is 1. The minimum Gasteiger partial charge on any atom is -0.335 e. The van der Waals surface area contributed by atoms with Crippen LogP contribution in [-0.4, -0.2) is 63.7 Å². The van der Waals surface area contributed by atoms with Gasteiger partial charge in [0.15, 0.2) is 15.7 Å². The average molecular weight is 409 g/mol. The van der Waals surface area contributed by atoms with Crippen LogP contribution in [0.5, 0.6) is 0 Å². The first-order valence-electron chi connectivity index (χ1n) is 9.02. The summed E-state index contributed by atoms with van der Waals surface area (Å²) in [4.78, 5) is 19.0. The Morgan fingerprint density at radius 2 is 2.11 bits per heavy atom. The van der Waals surface area contributed by atoms with E-state index in [9.17, 15) is 13.2 Å². The number of thioether (sulfide) groups is 1. The van der Waals surface area contributed by atoms with Gasteiger partial charge in [-0.25, -0.2) is 13.4 Å². The Kier molecular flexibility index (Phi) is 6.21. The first-order chi connectivity index (χ1) is 12.9. The van der Waals surface area contributed by atoms with Crippen molar-refractivity contribution in [2.75, 3.05) is 17.3 Å². The van der Waals surface area contributed by atoms with Crippen LogP contribution in [0.4, 0.5) is 0 Å². The van der Waals surface area contributed by atoms with E-state index in [1.807, 2.05) is 44.2 Å². The van der Waals surface area contributed by atoms with Crippen LogP contribution in [0.1, 0.15) is 26.7 Å². The molecule has 7 nitrogen and oxygen atoms in total. The van der Waals surface area contributed by atoms with Gasteiger partial charge in [0.2, 0.25) is 11.1 Å². The summed E-state index contributed by atoms with van der Waals surface area (Å²) < 4.78 is 23.7. The number of aromatic nitrogens is 3. The minimum absolute atomic E-state index is 0.00317. The van der Waals surface area contributed by atoms with Crippen molar-refractivity contribution in [3.05, 3.63) is 30.3 Å². The Balaban J connectivity index is 1.65. The molecule has 2 atom stereocenters. The third kappa shape index (κ3) is 4.90. The summed E-state index contributed by atoms with van der Waals surface area (Å²) in [5.41, 5.74) is 0.931. The molecule has 0 bridgehead atoms. The normalized spacial score (nSPS) is 19.7. The summed E-state index contributed by atoms with van der Waals surface area (Å²) >= 11 is 1.26. The fourth-order valence-electron chi connectivity index (χ4n) is 3.24. The Morgan fingerprint density at radius 1 is 1.37 bits per heavy atom. The highest BCUT2D eigenvalue weighted by Crippen LogP contribution is 2.24. The summed E-state index contributed by atoms with van der Waals surface area (Å²) in [5, 5.41) is 7.56. The molecule has 0 radical (unpaired) electrons. The van der Waals surface area contributed by atoms with E-state index in [0.717, 1.165) is 12.0 Å². The zero-order valence-corrected chi connectivity index (χ0v) is 17.1. The van der Waals surface area contributed by atoms with Crippen molar-refractivity contribution in [3.8, 4) is 11.4 Å². The van der Waals surface area contributed by atoms with E-state index in [2.05, 4.69) is 15.2 Å². The van der Waals surface area contributed by atoms with Crippen LogP contribution in [0.25, 0.3) is 11.4 Å². The Labute approximate surface area is 163 Å². The molecule has 2 aromatic rings. The summed E-state index contributed by atoms with van der Waals surface area (Å²) in [5.74, 6) is 1.00. The van der Waals surface area contributed by atoms with Gasteiger partial charge in [-0.15, -0.1) is 5.10 Å². The summed E-state index contributed by atoms with van der Waals surface area (Å²) in [6.07, 6.45) is 1.30. The molecule has 3 rings (SSSR count). The molecule has 1 amide bonds. The summed E-state index contributed by atoms with van der Waals surface area (Å²) in [6, 6.07) is 9.42. The average Bonchev–Trinajstić information content (AvgIpc) is 3.27. The Hall–Kier alpha value is -1.87. The van der Waals surface area contributed by atoms with E-state index in [-0.39, 0.29) is 35.2 Å². The van der Waals surface area contributed by atoms with Crippen LogP contribution in [0, 0.1) is 0 Å². The molecule has 0 saturated carbocycles. The topological polar surface area (TPSA) is 96.0 Å². The third-order valence-corrected chi connectivity index (χ3v) is 7.37. The fourth-order valence-corrected chi connectivity index (χ4v) is 5.62. The quantitative estimate of drug-likeness (QED) is 0.707. The van der Waals surface area contributed by atoms with Crippen molar-refractivity contribution >= 4 is 27.5 Å². The molecule has 146 valence electrons. The molecule has 1 aliphatic heterocycles. The molecule has 9 heteroatoms. The van der Waals surface area contributed by atoms with Gasteiger partial charge in [-0.3, -0.25) is 9.89 Å². The Morgan fingerprint density at radius 3 is 2.74 bits per heavy atom. The predicted molar refractivity (Wildman–Crippen MR) is 106 cm³/mol. The molecule has 1 fully saturated rings. The largest absolute Gasteiger partial charge is 0.335 e. The highest BCUT2D eigenvalue weighted by Gasteiger charge is 2.36. The lowest BCUT2D eigenvalue weighted by atomic mass is 10.1. The van der Waals surface area contributed by atoms with E-state index in [0.29, 0.717) is 17.4 Å².